The van der Waals surface area contributed by atoms with Gasteiger partial charge in [-0.2, -0.15) is 0 Å². The van der Waals surface area contributed by atoms with E-state index in [4.69, 9.17) is 16.8 Å². The highest BCUT2D eigenvalue weighted by Gasteiger charge is 2.24. The molecule has 1 saturated carbocycles. The van der Waals surface area contributed by atoms with Gasteiger partial charge in [0, 0.05) is 10.9 Å². The number of hydrogen-bond donors (Lipinski definition) is 1. The summed E-state index contributed by atoms with van der Waals surface area (Å²) in [5, 5.41) is 12.8. The Bertz CT molecular complexity index is 581. The zero-order valence-electron chi connectivity index (χ0n) is 11.1. The van der Waals surface area contributed by atoms with Gasteiger partial charge in [0.15, 0.2) is 9.84 Å². The summed E-state index contributed by atoms with van der Waals surface area (Å²) in [6, 6.07) is 6.21. The maximum absolute atomic E-state index is 12.2. The molecule has 0 spiro atoms. The van der Waals surface area contributed by atoms with Crippen molar-refractivity contribution in [2.24, 2.45) is 11.1 Å². The molecule has 1 atom stereocenters. The zero-order valence-corrected chi connectivity index (χ0v) is 12.7. The van der Waals surface area contributed by atoms with E-state index in [2.05, 4.69) is 5.16 Å². The first-order valence-corrected chi connectivity index (χ1v) is 8.75. The highest BCUT2D eigenvalue weighted by Crippen LogP contribution is 2.26. The van der Waals surface area contributed by atoms with Crippen molar-refractivity contribution in [3.05, 3.63) is 29.3 Å². The fraction of sp³-hybridized carbons (Fsp3) is 0.500. The Labute approximate surface area is 124 Å². The molecule has 1 N–H and O–H groups in total. The van der Waals surface area contributed by atoms with Crippen LogP contribution in [-0.2, 0) is 9.84 Å². The summed E-state index contributed by atoms with van der Waals surface area (Å²) in [5.74, 6) is 0.147. The predicted molar refractivity (Wildman–Crippen MR) is 79.3 cm³/mol. The van der Waals surface area contributed by atoms with E-state index in [0.717, 1.165) is 31.4 Å². The van der Waals surface area contributed by atoms with Crippen LogP contribution in [0.4, 0.5) is 0 Å². The lowest BCUT2D eigenvalue weighted by Gasteiger charge is -2.22. The molecule has 0 aromatic heterocycles. The van der Waals surface area contributed by atoms with Gasteiger partial charge in [-0.3, -0.25) is 0 Å². The summed E-state index contributed by atoms with van der Waals surface area (Å²) in [5.41, 5.74) is 0.738. The first-order chi connectivity index (χ1) is 9.53. The molecular weight excluding hydrogens is 298 g/mol. The summed E-state index contributed by atoms with van der Waals surface area (Å²) < 4.78 is 24.5. The number of oxime groups is 1. The van der Waals surface area contributed by atoms with Gasteiger partial charge in [-0.25, -0.2) is 8.42 Å². The predicted octanol–water partition coefficient (Wildman–Crippen LogP) is 3.52. The van der Waals surface area contributed by atoms with Gasteiger partial charge in [0.05, 0.1) is 16.4 Å². The number of benzene rings is 1. The Morgan fingerprint density at radius 3 is 2.60 bits per heavy atom. The molecule has 0 heterocycles. The summed E-state index contributed by atoms with van der Waals surface area (Å²) >= 11 is 5.76. The van der Waals surface area contributed by atoms with Gasteiger partial charge in [-0.15, -0.1) is 0 Å². The maximum atomic E-state index is 12.2. The molecule has 0 amide bonds. The van der Waals surface area contributed by atoms with Crippen LogP contribution in [0.3, 0.4) is 0 Å². The van der Waals surface area contributed by atoms with Crippen LogP contribution in [0.5, 0.6) is 0 Å². The standard InChI is InChI=1S/C14H18ClNO3S/c15-12-5-7-13(8-6-12)20(18,19)10-9-11-3-1-2-4-14(11)16-17/h5-8,11,17H,1-4,9-10H2. The molecule has 1 fully saturated rings. The monoisotopic (exact) mass is 315 g/mol. The molecule has 0 radical (unpaired) electrons. The molecule has 1 aromatic carbocycles. The summed E-state index contributed by atoms with van der Waals surface area (Å²) in [6.45, 7) is 0. The molecule has 6 heteroatoms. The van der Waals surface area contributed by atoms with E-state index in [0.29, 0.717) is 16.3 Å². The lowest BCUT2D eigenvalue weighted by molar-refractivity contribution is 0.308. The molecule has 1 aliphatic carbocycles. The van der Waals surface area contributed by atoms with Gasteiger partial charge in [-0.1, -0.05) is 23.2 Å². The minimum Gasteiger partial charge on any atom is -0.411 e. The smallest absolute Gasteiger partial charge is 0.178 e. The van der Waals surface area contributed by atoms with Crippen molar-refractivity contribution < 1.29 is 13.6 Å². The van der Waals surface area contributed by atoms with Crippen LogP contribution in [0.1, 0.15) is 32.1 Å². The summed E-state index contributed by atoms with van der Waals surface area (Å²) in [4.78, 5) is 0.292. The van der Waals surface area contributed by atoms with Gasteiger partial charge in [0.1, 0.15) is 0 Å². The van der Waals surface area contributed by atoms with Crippen LogP contribution in [0.2, 0.25) is 5.02 Å². The molecule has 1 unspecified atom stereocenters. The molecule has 0 aliphatic heterocycles. The van der Waals surface area contributed by atoms with Crippen molar-refractivity contribution in [1.29, 1.82) is 0 Å². The quantitative estimate of drug-likeness (QED) is 0.682. The number of sulfone groups is 1. The Balaban J connectivity index is 2.03. The van der Waals surface area contributed by atoms with E-state index in [-0.39, 0.29) is 11.7 Å². The van der Waals surface area contributed by atoms with E-state index in [1.807, 2.05) is 0 Å². The summed E-state index contributed by atoms with van der Waals surface area (Å²) in [6.07, 6.45) is 4.24. The lowest BCUT2D eigenvalue weighted by atomic mass is 9.85. The molecular formula is C14H18ClNO3S. The van der Waals surface area contributed by atoms with E-state index >= 15 is 0 Å². The molecule has 4 nitrogen and oxygen atoms in total. The highest BCUT2D eigenvalue weighted by molar-refractivity contribution is 7.91. The van der Waals surface area contributed by atoms with Crippen LogP contribution in [0, 0.1) is 5.92 Å². The van der Waals surface area contributed by atoms with Crippen LogP contribution in [0.25, 0.3) is 0 Å². The van der Waals surface area contributed by atoms with Crippen molar-refractivity contribution in [2.45, 2.75) is 37.0 Å². The van der Waals surface area contributed by atoms with Crippen molar-refractivity contribution >= 4 is 27.1 Å². The number of hydrogen-bond acceptors (Lipinski definition) is 4. The molecule has 1 aliphatic rings. The number of nitrogens with zero attached hydrogens (tertiary/aromatic N) is 1. The van der Waals surface area contributed by atoms with Crippen molar-refractivity contribution in [3.8, 4) is 0 Å². The normalized spacial score (nSPS) is 22.1. The van der Waals surface area contributed by atoms with Gasteiger partial charge in [0.25, 0.3) is 0 Å². The van der Waals surface area contributed by atoms with Gasteiger partial charge in [-0.05, 0) is 49.9 Å². The molecule has 0 bridgehead atoms. The number of rotatable bonds is 4. The van der Waals surface area contributed by atoms with Crippen LogP contribution >= 0.6 is 11.6 Å². The maximum Gasteiger partial charge on any atom is 0.178 e. The average molecular weight is 316 g/mol. The minimum absolute atomic E-state index is 0.0678. The third-order valence-electron chi connectivity index (χ3n) is 3.74. The second-order valence-electron chi connectivity index (χ2n) is 5.10. The third-order valence-corrected chi connectivity index (χ3v) is 5.76. The molecule has 2 rings (SSSR count). The van der Waals surface area contributed by atoms with Crippen molar-refractivity contribution in [3.63, 3.8) is 0 Å². The topological polar surface area (TPSA) is 66.7 Å². The number of halogens is 1. The van der Waals surface area contributed by atoms with Gasteiger partial charge < -0.3 is 5.21 Å². The summed E-state index contributed by atoms with van der Waals surface area (Å²) in [7, 11) is -3.30. The first-order valence-electron chi connectivity index (χ1n) is 6.72. The fourth-order valence-electron chi connectivity index (χ4n) is 2.57. The minimum atomic E-state index is -3.30. The van der Waals surface area contributed by atoms with Crippen molar-refractivity contribution in [1.82, 2.24) is 0 Å². The van der Waals surface area contributed by atoms with Gasteiger partial charge >= 0.3 is 0 Å². The lowest BCUT2D eigenvalue weighted by Crippen LogP contribution is -2.22. The van der Waals surface area contributed by atoms with E-state index < -0.39 is 9.84 Å². The second kappa shape index (κ2) is 6.59. The zero-order chi connectivity index (χ0) is 14.6. The first kappa shape index (κ1) is 15.3. The largest absolute Gasteiger partial charge is 0.411 e. The van der Waals surface area contributed by atoms with E-state index in [9.17, 15) is 8.42 Å². The SMILES string of the molecule is O=S(=O)(CCC1CCCCC1=NO)c1ccc(Cl)cc1. The van der Waals surface area contributed by atoms with Crippen LogP contribution < -0.4 is 0 Å². The third kappa shape index (κ3) is 3.73. The van der Waals surface area contributed by atoms with E-state index in [1.54, 1.807) is 12.1 Å². The van der Waals surface area contributed by atoms with Crippen molar-refractivity contribution in [2.75, 3.05) is 5.75 Å². The molecule has 1 aromatic rings. The highest BCUT2D eigenvalue weighted by atomic mass is 35.5. The molecule has 0 saturated heterocycles. The van der Waals surface area contributed by atoms with Crippen LogP contribution in [-0.4, -0.2) is 25.1 Å². The molecule has 110 valence electrons. The van der Waals surface area contributed by atoms with Crippen LogP contribution in [0.15, 0.2) is 34.3 Å². The fourth-order valence-corrected chi connectivity index (χ4v) is 4.07. The second-order valence-corrected chi connectivity index (χ2v) is 7.64. The molecule has 20 heavy (non-hydrogen) atoms. The average Bonchev–Trinajstić information content (AvgIpc) is 2.46. The Hall–Kier alpha value is -1.07. The van der Waals surface area contributed by atoms with E-state index in [1.165, 1.54) is 12.1 Å². The van der Waals surface area contributed by atoms with Gasteiger partial charge in [0.2, 0.25) is 0 Å². The Kier molecular flexibility index (Phi) is 5.05. The Morgan fingerprint density at radius 2 is 1.95 bits per heavy atom. The Morgan fingerprint density at radius 1 is 1.25 bits per heavy atom.